The molecule has 140 valence electrons. The minimum atomic E-state index is -0.0943. The van der Waals surface area contributed by atoms with Crippen molar-refractivity contribution in [1.82, 2.24) is 14.8 Å². The SMILES string of the molecule is COc1ccc(-n2c(C)nnc2SCC(=O)Nc2cc(Br)ccc2C)cc1. The molecule has 0 aliphatic heterocycles. The number of anilines is 1. The smallest absolute Gasteiger partial charge is 0.234 e. The van der Waals surface area contributed by atoms with Crippen molar-refractivity contribution in [1.29, 1.82) is 0 Å². The molecule has 0 aliphatic carbocycles. The van der Waals surface area contributed by atoms with Gasteiger partial charge in [-0.05, 0) is 55.8 Å². The van der Waals surface area contributed by atoms with Crippen molar-refractivity contribution in [3.8, 4) is 11.4 Å². The van der Waals surface area contributed by atoms with Gasteiger partial charge in [0, 0.05) is 15.8 Å². The lowest BCUT2D eigenvalue weighted by Gasteiger charge is -2.10. The molecule has 0 bridgehead atoms. The van der Waals surface area contributed by atoms with Crippen LogP contribution in [0.15, 0.2) is 52.1 Å². The molecule has 8 heteroatoms. The van der Waals surface area contributed by atoms with Gasteiger partial charge in [0.1, 0.15) is 11.6 Å². The molecule has 27 heavy (non-hydrogen) atoms. The van der Waals surface area contributed by atoms with E-state index in [9.17, 15) is 4.79 Å². The topological polar surface area (TPSA) is 69.0 Å². The van der Waals surface area contributed by atoms with Gasteiger partial charge in [-0.2, -0.15) is 0 Å². The van der Waals surface area contributed by atoms with Gasteiger partial charge < -0.3 is 10.1 Å². The number of nitrogens with zero attached hydrogens (tertiary/aromatic N) is 3. The van der Waals surface area contributed by atoms with Crippen LogP contribution in [-0.4, -0.2) is 33.5 Å². The zero-order chi connectivity index (χ0) is 19.4. The molecule has 0 saturated heterocycles. The second kappa shape index (κ2) is 8.58. The van der Waals surface area contributed by atoms with Gasteiger partial charge >= 0.3 is 0 Å². The molecule has 1 N–H and O–H groups in total. The predicted molar refractivity (Wildman–Crippen MR) is 111 cm³/mol. The number of ether oxygens (including phenoxy) is 1. The number of halogens is 1. The number of hydrogen-bond acceptors (Lipinski definition) is 5. The normalized spacial score (nSPS) is 10.7. The summed E-state index contributed by atoms with van der Waals surface area (Å²) in [5, 5.41) is 12.0. The highest BCUT2D eigenvalue weighted by molar-refractivity contribution is 9.10. The van der Waals surface area contributed by atoms with Crippen molar-refractivity contribution in [2.45, 2.75) is 19.0 Å². The van der Waals surface area contributed by atoms with Crippen molar-refractivity contribution >= 4 is 39.3 Å². The van der Waals surface area contributed by atoms with Gasteiger partial charge in [0.15, 0.2) is 5.16 Å². The molecule has 0 saturated carbocycles. The molecule has 3 rings (SSSR count). The van der Waals surface area contributed by atoms with Crippen molar-refractivity contribution in [3.63, 3.8) is 0 Å². The highest BCUT2D eigenvalue weighted by Gasteiger charge is 2.14. The fourth-order valence-electron chi connectivity index (χ4n) is 2.51. The van der Waals surface area contributed by atoms with Crippen LogP contribution in [0.2, 0.25) is 0 Å². The van der Waals surface area contributed by atoms with Crippen LogP contribution in [0.25, 0.3) is 5.69 Å². The fourth-order valence-corrected chi connectivity index (χ4v) is 3.67. The lowest BCUT2D eigenvalue weighted by atomic mass is 10.2. The molecule has 2 aromatic carbocycles. The quantitative estimate of drug-likeness (QED) is 0.568. The van der Waals surface area contributed by atoms with Crippen molar-refractivity contribution < 1.29 is 9.53 Å². The van der Waals surface area contributed by atoms with Crippen LogP contribution in [0.5, 0.6) is 5.75 Å². The Bertz CT molecular complexity index is 957. The molecule has 0 radical (unpaired) electrons. The number of thioether (sulfide) groups is 1. The summed E-state index contributed by atoms with van der Waals surface area (Å²) in [4.78, 5) is 12.4. The van der Waals surface area contributed by atoms with Crippen LogP contribution in [0.3, 0.4) is 0 Å². The van der Waals surface area contributed by atoms with E-state index in [4.69, 9.17) is 4.74 Å². The van der Waals surface area contributed by atoms with Crippen LogP contribution in [-0.2, 0) is 4.79 Å². The summed E-state index contributed by atoms with van der Waals surface area (Å²) in [6, 6.07) is 13.4. The van der Waals surface area contributed by atoms with Crippen molar-refractivity contribution in [3.05, 3.63) is 58.3 Å². The Morgan fingerprint density at radius 3 is 2.63 bits per heavy atom. The highest BCUT2D eigenvalue weighted by atomic mass is 79.9. The Kier molecular flexibility index (Phi) is 6.18. The monoisotopic (exact) mass is 446 g/mol. The van der Waals surface area contributed by atoms with Gasteiger partial charge in [0.2, 0.25) is 5.91 Å². The maximum atomic E-state index is 12.4. The van der Waals surface area contributed by atoms with Gasteiger partial charge in [-0.1, -0.05) is 33.8 Å². The lowest BCUT2D eigenvalue weighted by Crippen LogP contribution is -2.15. The lowest BCUT2D eigenvalue weighted by molar-refractivity contribution is -0.113. The van der Waals surface area contributed by atoms with Crippen LogP contribution < -0.4 is 10.1 Å². The first-order valence-corrected chi connectivity index (χ1v) is 10.0. The Hall–Kier alpha value is -2.32. The molecular weight excluding hydrogens is 428 g/mol. The van der Waals surface area contributed by atoms with Gasteiger partial charge in [-0.25, -0.2) is 0 Å². The molecule has 6 nitrogen and oxygen atoms in total. The molecule has 1 amide bonds. The first-order chi connectivity index (χ1) is 13.0. The number of carbonyl (C=O) groups excluding carboxylic acids is 1. The zero-order valence-electron chi connectivity index (χ0n) is 15.2. The Labute approximate surface area is 170 Å². The Morgan fingerprint density at radius 2 is 1.93 bits per heavy atom. The summed E-state index contributed by atoms with van der Waals surface area (Å²) in [5.74, 6) is 1.68. The van der Waals surface area contributed by atoms with Crippen LogP contribution in [0.4, 0.5) is 5.69 Å². The average molecular weight is 447 g/mol. The van der Waals surface area contributed by atoms with E-state index < -0.39 is 0 Å². The van der Waals surface area contributed by atoms with Crippen LogP contribution in [0.1, 0.15) is 11.4 Å². The second-order valence-corrected chi connectivity index (χ2v) is 7.72. The van der Waals surface area contributed by atoms with Crippen LogP contribution >= 0.6 is 27.7 Å². The number of aryl methyl sites for hydroxylation is 2. The number of methoxy groups -OCH3 is 1. The Morgan fingerprint density at radius 1 is 1.19 bits per heavy atom. The van der Waals surface area contributed by atoms with E-state index in [0.29, 0.717) is 5.16 Å². The van der Waals surface area contributed by atoms with E-state index in [-0.39, 0.29) is 11.7 Å². The molecule has 0 fully saturated rings. The van der Waals surface area contributed by atoms with Gasteiger partial charge in [0.25, 0.3) is 0 Å². The van der Waals surface area contributed by atoms with E-state index in [2.05, 4.69) is 31.4 Å². The van der Waals surface area contributed by atoms with E-state index in [1.165, 1.54) is 11.8 Å². The third-order valence-electron chi connectivity index (χ3n) is 3.93. The molecule has 1 aromatic heterocycles. The van der Waals surface area contributed by atoms with Gasteiger partial charge in [-0.15, -0.1) is 10.2 Å². The molecule has 0 unspecified atom stereocenters. The minimum Gasteiger partial charge on any atom is -0.497 e. The maximum absolute atomic E-state index is 12.4. The third kappa shape index (κ3) is 4.70. The number of amides is 1. The fraction of sp³-hybridized carbons (Fsp3) is 0.211. The molecule has 0 aliphatic rings. The summed E-state index contributed by atoms with van der Waals surface area (Å²) in [6.07, 6.45) is 0. The second-order valence-electron chi connectivity index (χ2n) is 5.86. The summed E-state index contributed by atoms with van der Waals surface area (Å²) in [5.41, 5.74) is 2.72. The summed E-state index contributed by atoms with van der Waals surface area (Å²) < 4.78 is 8.04. The number of carbonyl (C=O) groups is 1. The van der Waals surface area contributed by atoms with Crippen molar-refractivity contribution in [2.24, 2.45) is 0 Å². The van der Waals surface area contributed by atoms with Gasteiger partial charge in [0.05, 0.1) is 12.9 Å². The average Bonchev–Trinajstić information content (AvgIpc) is 3.03. The number of nitrogens with one attached hydrogen (secondary N) is 1. The third-order valence-corrected chi connectivity index (χ3v) is 5.35. The number of rotatable bonds is 6. The maximum Gasteiger partial charge on any atom is 0.234 e. The van der Waals surface area contributed by atoms with E-state index in [1.54, 1.807) is 7.11 Å². The van der Waals surface area contributed by atoms with E-state index in [1.807, 2.05) is 60.9 Å². The summed E-state index contributed by atoms with van der Waals surface area (Å²) in [6.45, 7) is 3.84. The first-order valence-electron chi connectivity index (χ1n) is 8.23. The molecule has 0 spiro atoms. The summed E-state index contributed by atoms with van der Waals surface area (Å²) >= 11 is 4.77. The van der Waals surface area contributed by atoms with Crippen molar-refractivity contribution in [2.75, 3.05) is 18.2 Å². The highest BCUT2D eigenvalue weighted by Crippen LogP contribution is 2.25. The number of hydrogen-bond donors (Lipinski definition) is 1. The molecule has 3 aromatic rings. The van der Waals surface area contributed by atoms with E-state index in [0.717, 1.165) is 33.0 Å². The number of aromatic nitrogens is 3. The van der Waals surface area contributed by atoms with E-state index >= 15 is 0 Å². The van der Waals surface area contributed by atoms with Crippen LogP contribution in [0, 0.1) is 13.8 Å². The van der Waals surface area contributed by atoms with Gasteiger partial charge in [-0.3, -0.25) is 9.36 Å². The Balaban J connectivity index is 1.71. The molecule has 0 atom stereocenters. The first kappa shape index (κ1) is 19.4. The minimum absolute atomic E-state index is 0.0943. The predicted octanol–water partition coefficient (Wildman–Crippen LogP) is 4.39. The molecular formula is C19H19BrN4O2S. The standard InChI is InChI=1S/C19H19BrN4O2S/c1-12-4-5-14(20)10-17(12)21-18(25)11-27-19-23-22-13(2)24(19)15-6-8-16(26-3)9-7-15/h4-10H,11H2,1-3H3,(H,21,25). The molecule has 1 heterocycles. The largest absolute Gasteiger partial charge is 0.497 e. The zero-order valence-corrected chi connectivity index (χ0v) is 17.6. The summed E-state index contributed by atoms with van der Waals surface area (Å²) in [7, 11) is 1.63. The number of benzene rings is 2.